The molecule has 136 valence electrons. The summed E-state index contributed by atoms with van der Waals surface area (Å²) in [5, 5.41) is 3.28. The smallest absolute Gasteiger partial charge is 0.258 e. The standard InChI is InChI=1S/C19H23N5OS/c1-14-4-3-5-24-18(25)10-16(21-19(14)24)11-22-6-8-23(9-7-22)12-17-13-26-15(2)20-17/h3-5,10,13H,6-9,11-12H2,1-2H3. The van der Waals surface area contributed by atoms with Crippen LogP contribution < -0.4 is 5.56 Å². The molecule has 0 N–H and O–H groups in total. The van der Waals surface area contributed by atoms with Crippen LogP contribution in [0, 0.1) is 13.8 Å². The van der Waals surface area contributed by atoms with Crippen LogP contribution in [0.1, 0.15) is 22.0 Å². The van der Waals surface area contributed by atoms with E-state index in [4.69, 9.17) is 4.98 Å². The Hall–Kier alpha value is -2.09. The fourth-order valence-electron chi connectivity index (χ4n) is 3.43. The normalized spacial score (nSPS) is 16.4. The number of aromatic nitrogens is 3. The highest BCUT2D eigenvalue weighted by atomic mass is 32.1. The molecular formula is C19H23N5OS. The molecule has 0 unspecified atom stereocenters. The number of rotatable bonds is 4. The molecule has 1 saturated heterocycles. The molecule has 0 saturated carbocycles. The molecule has 4 rings (SSSR count). The minimum atomic E-state index is -0.00811. The van der Waals surface area contributed by atoms with E-state index in [2.05, 4.69) is 20.2 Å². The zero-order valence-corrected chi connectivity index (χ0v) is 16.0. The maximum atomic E-state index is 12.3. The lowest BCUT2D eigenvalue weighted by Gasteiger charge is -2.34. The number of pyridine rings is 1. The third kappa shape index (κ3) is 3.70. The minimum absolute atomic E-state index is 0.00811. The van der Waals surface area contributed by atoms with E-state index >= 15 is 0 Å². The molecule has 6 nitrogen and oxygen atoms in total. The minimum Gasteiger partial charge on any atom is -0.295 e. The van der Waals surface area contributed by atoms with E-state index in [1.54, 1.807) is 28.0 Å². The first-order valence-corrected chi connectivity index (χ1v) is 9.80. The highest BCUT2D eigenvalue weighted by Gasteiger charge is 2.18. The summed E-state index contributed by atoms with van der Waals surface area (Å²) in [7, 11) is 0. The van der Waals surface area contributed by atoms with Crippen LogP contribution in [0.5, 0.6) is 0 Å². The van der Waals surface area contributed by atoms with Gasteiger partial charge in [-0.3, -0.25) is 19.0 Å². The zero-order valence-electron chi connectivity index (χ0n) is 15.2. The van der Waals surface area contributed by atoms with Crippen molar-refractivity contribution < 1.29 is 0 Å². The molecule has 1 aliphatic rings. The second-order valence-corrected chi connectivity index (χ2v) is 7.94. The van der Waals surface area contributed by atoms with Crippen molar-refractivity contribution in [1.29, 1.82) is 0 Å². The Balaban J connectivity index is 1.40. The monoisotopic (exact) mass is 369 g/mol. The number of hydrogen-bond acceptors (Lipinski definition) is 6. The molecule has 0 amide bonds. The first-order valence-electron chi connectivity index (χ1n) is 8.92. The lowest BCUT2D eigenvalue weighted by Crippen LogP contribution is -2.45. The summed E-state index contributed by atoms with van der Waals surface area (Å²) < 4.78 is 1.62. The van der Waals surface area contributed by atoms with Crippen molar-refractivity contribution in [2.45, 2.75) is 26.9 Å². The van der Waals surface area contributed by atoms with Gasteiger partial charge in [0.15, 0.2) is 0 Å². The number of thiazole rings is 1. The van der Waals surface area contributed by atoms with Gasteiger partial charge in [-0.1, -0.05) is 6.07 Å². The molecule has 0 aliphatic carbocycles. The highest BCUT2D eigenvalue weighted by molar-refractivity contribution is 7.09. The average Bonchev–Trinajstić information content (AvgIpc) is 3.03. The number of nitrogens with zero attached hydrogens (tertiary/aromatic N) is 5. The van der Waals surface area contributed by atoms with Crippen molar-refractivity contribution in [2.75, 3.05) is 26.2 Å². The molecule has 26 heavy (non-hydrogen) atoms. The average molecular weight is 369 g/mol. The van der Waals surface area contributed by atoms with Crippen LogP contribution in [0.4, 0.5) is 0 Å². The second-order valence-electron chi connectivity index (χ2n) is 6.88. The van der Waals surface area contributed by atoms with Gasteiger partial charge in [-0.05, 0) is 25.5 Å². The van der Waals surface area contributed by atoms with E-state index in [0.29, 0.717) is 0 Å². The van der Waals surface area contributed by atoms with Gasteiger partial charge in [-0.25, -0.2) is 9.97 Å². The highest BCUT2D eigenvalue weighted by Crippen LogP contribution is 2.13. The third-order valence-electron chi connectivity index (χ3n) is 4.84. The van der Waals surface area contributed by atoms with Gasteiger partial charge in [-0.2, -0.15) is 0 Å². The summed E-state index contributed by atoms with van der Waals surface area (Å²) in [5.41, 5.74) is 3.79. The summed E-state index contributed by atoms with van der Waals surface area (Å²) in [6.07, 6.45) is 1.78. The Morgan fingerprint density at radius 1 is 1.04 bits per heavy atom. The van der Waals surface area contributed by atoms with Gasteiger partial charge < -0.3 is 0 Å². The van der Waals surface area contributed by atoms with Crippen LogP contribution in [-0.4, -0.2) is 50.3 Å². The number of aryl methyl sites for hydroxylation is 2. The largest absolute Gasteiger partial charge is 0.295 e. The Bertz CT molecular complexity index is 971. The number of fused-ring (bicyclic) bond motifs is 1. The predicted octanol–water partition coefficient (Wildman–Crippen LogP) is 2.09. The molecule has 3 aromatic heterocycles. The fraction of sp³-hybridized carbons (Fsp3) is 0.421. The molecule has 7 heteroatoms. The molecular weight excluding hydrogens is 346 g/mol. The molecule has 0 spiro atoms. The van der Waals surface area contributed by atoms with E-state index in [0.717, 1.165) is 61.2 Å². The van der Waals surface area contributed by atoms with Gasteiger partial charge in [0.2, 0.25) is 0 Å². The molecule has 3 aromatic rings. The van der Waals surface area contributed by atoms with Crippen molar-refractivity contribution in [3.05, 3.63) is 62.1 Å². The van der Waals surface area contributed by atoms with Gasteiger partial charge in [0.1, 0.15) is 5.65 Å². The van der Waals surface area contributed by atoms with Crippen molar-refractivity contribution in [2.24, 2.45) is 0 Å². The van der Waals surface area contributed by atoms with Crippen LogP contribution in [0.25, 0.3) is 5.65 Å². The predicted molar refractivity (Wildman–Crippen MR) is 104 cm³/mol. The van der Waals surface area contributed by atoms with Gasteiger partial charge in [0.05, 0.1) is 16.4 Å². The fourth-order valence-corrected chi connectivity index (χ4v) is 4.04. The Labute approximate surface area is 156 Å². The third-order valence-corrected chi connectivity index (χ3v) is 5.66. The second kappa shape index (κ2) is 7.26. The Morgan fingerprint density at radius 3 is 2.38 bits per heavy atom. The summed E-state index contributed by atoms with van der Waals surface area (Å²) in [5.74, 6) is 0. The molecule has 0 radical (unpaired) electrons. The summed E-state index contributed by atoms with van der Waals surface area (Å²) in [6.45, 7) is 9.69. The number of piperazine rings is 1. The van der Waals surface area contributed by atoms with Crippen LogP contribution in [0.2, 0.25) is 0 Å². The SMILES string of the molecule is Cc1nc(CN2CCN(Cc3cc(=O)n4cccc(C)c4n3)CC2)cs1. The molecule has 0 aromatic carbocycles. The van der Waals surface area contributed by atoms with Crippen molar-refractivity contribution >= 4 is 17.0 Å². The van der Waals surface area contributed by atoms with E-state index in [-0.39, 0.29) is 5.56 Å². The van der Waals surface area contributed by atoms with Crippen LogP contribution in [0.15, 0.2) is 34.6 Å². The van der Waals surface area contributed by atoms with Gasteiger partial charge in [-0.15, -0.1) is 11.3 Å². The Kier molecular flexibility index (Phi) is 4.84. The quantitative estimate of drug-likeness (QED) is 0.705. The van der Waals surface area contributed by atoms with Crippen molar-refractivity contribution in [3.63, 3.8) is 0 Å². The van der Waals surface area contributed by atoms with Crippen molar-refractivity contribution in [3.8, 4) is 0 Å². The lowest BCUT2D eigenvalue weighted by molar-refractivity contribution is 0.120. The van der Waals surface area contributed by atoms with Crippen LogP contribution in [0.3, 0.4) is 0 Å². The maximum Gasteiger partial charge on any atom is 0.258 e. The Morgan fingerprint density at radius 2 is 1.73 bits per heavy atom. The molecule has 1 aliphatic heterocycles. The van der Waals surface area contributed by atoms with Gasteiger partial charge in [0, 0.05) is 56.9 Å². The lowest BCUT2D eigenvalue weighted by atomic mass is 10.2. The van der Waals surface area contributed by atoms with E-state index in [1.807, 2.05) is 26.0 Å². The van der Waals surface area contributed by atoms with Gasteiger partial charge in [0.25, 0.3) is 5.56 Å². The zero-order chi connectivity index (χ0) is 18.1. The van der Waals surface area contributed by atoms with Crippen molar-refractivity contribution in [1.82, 2.24) is 24.2 Å². The molecule has 0 bridgehead atoms. The number of hydrogen-bond donors (Lipinski definition) is 0. The summed E-state index contributed by atoms with van der Waals surface area (Å²) >= 11 is 1.71. The van der Waals surface area contributed by atoms with Gasteiger partial charge >= 0.3 is 0 Å². The summed E-state index contributed by atoms with van der Waals surface area (Å²) in [4.78, 5) is 26.4. The van der Waals surface area contributed by atoms with Crippen LogP contribution in [-0.2, 0) is 13.1 Å². The van der Waals surface area contributed by atoms with E-state index < -0.39 is 0 Å². The molecule has 1 fully saturated rings. The molecule has 0 atom stereocenters. The topological polar surface area (TPSA) is 53.7 Å². The van der Waals surface area contributed by atoms with E-state index in [1.165, 1.54) is 5.69 Å². The maximum absolute atomic E-state index is 12.3. The first-order chi connectivity index (χ1) is 12.6. The molecule has 4 heterocycles. The van der Waals surface area contributed by atoms with E-state index in [9.17, 15) is 4.79 Å². The van der Waals surface area contributed by atoms with Crippen LogP contribution >= 0.6 is 11.3 Å². The first kappa shape index (κ1) is 17.3. The summed E-state index contributed by atoms with van der Waals surface area (Å²) in [6, 6.07) is 5.54.